The third kappa shape index (κ3) is 3.17. The van der Waals surface area contributed by atoms with Crippen LogP contribution in [0.2, 0.25) is 0 Å². The van der Waals surface area contributed by atoms with Crippen LogP contribution >= 0.6 is 0 Å². The number of rotatable bonds is 6. The van der Waals surface area contributed by atoms with Crippen molar-refractivity contribution in [2.75, 3.05) is 13.2 Å². The van der Waals surface area contributed by atoms with Crippen LogP contribution in [0.25, 0.3) is 0 Å². The Balaban J connectivity index is 2.29. The van der Waals surface area contributed by atoms with Gasteiger partial charge in [0.1, 0.15) is 12.3 Å². The van der Waals surface area contributed by atoms with Gasteiger partial charge in [-0.3, -0.25) is 9.59 Å². The van der Waals surface area contributed by atoms with E-state index in [1.54, 1.807) is 6.92 Å². The molecule has 0 radical (unpaired) electrons. The van der Waals surface area contributed by atoms with Gasteiger partial charge in [-0.15, -0.1) is 0 Å². The molecule has 0 bridgehead atoms. The molecule has 2 aliphatic rings. The molecule has 0 spiro atoms. The van der Waals surface area contributed by atoms with Crippen LogP contribution in [0.1, 0.15) is 34.6 Å². The van der Waals surface area contributed by atoms with Gasteiger partial charge in [-0.1, -0.05) is 20.8 Å². The number of carbonyl (C=O) groups excluding carboxylic acids is 3. The maximum Gasteiger partial charge on any atom is 0.355 e. The first-order chi connectivity index (χ1) is 11.2. The van der Waals surface area contributed by atoms with Gasteiger partial charge in [0, 0.05) is 18.4 Å². The first-order valence-corrected chi connectivity index (χ1v) is 8.21. The highest BCUT2D eigenvalue weighted by Crippen LogP contribution is 2.47. The fourth-order valence-corrected chi connectivity index (χ4v) is 3.31. The third-order valence-corrected chi connectivity index (χ3v) is 4.49. The minimum atomic E-state index is -0.804. The quantitative estimate of drug-likeness (QED) is 0.570. The predicted octanol–water partition coefficient (Wildman–Crippen LogP) is 0.860. The molecule has 134 valence electrons. The molecular formula is C17H25NO6. The van der Waals surface area contributed by atoms with Crippen molar-refractivity contribution in [2.24, 2.45) is 17.8 Å². The molecule has 1 saturated heterocycles. The molecule has 1 amide bonds. The molecule has 1 fully saturated rings. The Bertz CT molecular complexity index is 580. The van der Waals surface area contributed by atoms with Crippen LogP contribution in [0.3, 0.4) is 0 Å². The van der Waals surface area contributed by atoms with Crippen LogP contribution in [0.15, 0.2) is 11.3 Å². The van der Waals surface area contributed by atoms with E-state index < -0.39 is 24.0 Å². The van der Waals surface area contributed by atoms with Crippen LogP contribution < -0.4 is 0 Å². The van der Waals surface area contributed by atoms with Gasteiger partial charge in [-0.05, 0) is 12.8 Å². The van der Waals surface area contributed by atoms with Crippen LogP contribution in [0, 0.1) is 17.8 Å². The summed E-state index contributed by atoms with van der Waals surface area (Å²) in [7, 11) is 0. The normalized spacial score (nSPS) is 27.0. The number of hydrogen-bond donors (Lipinski definition) is 1. The topological polar surface area (TPSA) is 93.1 Å². The van der Waals surface area contributed by atoms with E-state index in [0.29, 0.717) is 5.57 Å². The standard InChI is InChI=1S/C17H25NO6/c1-8(2)6-24-17(22)15-12(7-23-11(5)20)9(3)14-13(10(4)19)16(21)18(14)15/h8-10,13-14,19H,6-7H2,1-5H3/t9-,10?,13+,14?/m0/s1. The number of fused-ring (bicyclic) bond motifs is 1. The molecule has 0 aromatic rings. The Morgan fingerprint density at radius 2 is 1.88 bits per heavy atom. The van der Waals surface area contributed by atoms with Crippen molar-refractivity contribution in [3.05, 3.63) is 11.3 Å². The minimum Gasteiger partial charge on any atom is -0.461 e. The molecule has 7 heteroatoms. The molecule has 2 unspecified atom stereocenters. The van der Waals surface area contributed by atoms with Crippen molar-refractivity contribution in [3.63, 3.8) is 0 Å². The van der Waals surface area contributed by atoms with Crippen molar-refractivity contribution in [1.29, 1.82) is 0 Å². The van der Waals surface area contributed by atoms with Gasteiger partial charge in [-0.25, -0.2) is 4.79 Å². The first-order valence-electron chi connectivity index (χ1n) is 8.21. The van der Waals surface area contributed by atoms with Crippen molar-refractivity contribution >= 4 is 17.8 Å². The van der Waals surface area contributed by atoms with Gasteiger partial charge in [0.15, 0.2) is 0 Å². The lowest BCUT2D eigenvalue weighted by Crippen LogP contribution is -2.63. The molecule has 0 aromatic carbocycles. The molecule has 0 saturated carbocycles. The summed E-state index contributed by atoms with van der Waals surface area (Å²) in [6, 6.07) is -0.301. The smallest absolute Gasteiger partial charge is 0.355 e. The van der Waals surface area contributed by atoms with E-state index in [9.17, 15) is 19.5 Å². The third-order valence-electron chi connectivity index (χ3n) is 4.49. The Morgan fingerprint density at radius 1 is 1.25 bits per heavy atom. The van der Waals surface area contributed by atoms with E-state index in [1.807, 2.05) is 20.8 Å². The molecule has 2 heterocycles. The first kappa shape index (κ1) is 18.4. The fourth-order valence-electron chi connectivity index (χ4n) is 3.31. The average Bonchev–Trinajstić information content (AvgIpc) is 2.71. The van der Waals surface area contributed by atoms with Crippen molar-refractivity contribution < 1.29 is 29.0 Å². The maximum atomic E-state index is 12.5. The number of aliphatic hydroxyl groups is 1. The summed E-state index contributed by atoms with van der Waals surface area (Å²) in [4.78, 5) is 37.4. The summed E-state index contributed by atoms with van der Waals surface area (Å²) in [5.74, 6) is -1.92. The van der Waals surface area contributed by atoms with E-state index in [2.05, 4.69) is 0 Å². The number of β-lactam (4-membered cyclic amide) rings is 1. The van der Waals surface area contributed by atoms with Gasteiger partial charge in [0.25, 0.3) is 0 Å². The molecule has 7 nitrogen and oxygen atoms in total. The zero-order valence-electron chi connectivity index (χ0n) is 14.7. The lowest BCUT2D eigenvalue weighted by Gasteiger charge is -2.46. The van der Waals surface area contributed by atoms with Gasteiger partial charge >= 0.3 is 11.9 Å². The molecule has 0 aliphatic carbocycles. The molecule has 24 heavy (non-hydrogen) atoms. The monoisotopic (exact) mass is 339 g/mol. The summed E-state index contributed by atoms with van der Waals surface area (Å²) >= 11 is 0. The summed E-state index contributed by atoms with van der Waals surface area (Å²) in [5.41, 5.74) is 0.733. The number of nitrogens with zero attached hydrogens (tertiary/aromatic N) is 1. The molecule has 0 aromatic heterocycles. The Kier molecular flexibility index (Phi) is 5.32. The van der Waals surface area contributed by atoms with Crippen LogP contribution in [-0.2, 0) is 23.9 Å². The van der Waals surface area contributed by atoms with Gasteiger partial charge in [0.05, 0.1) is 24.7 Å². The van der Waals surface area contributed by atoms with Crippen LogP contribution in [0.5, 0.6) is 0 Å². The molecule has 2 aliphatic heterocycles. The highest BCUT2D eigenvalue weighted by Gasteiger charge is 2.60. The summed E-state index contributed by atoms with van der Waals surface area (Å²) < 4.78 is 10.3. The summed E-state index contributed by atoms with van der Waals surface area (Å²) in [6.45, 7) is 8.73. The van der Waals surface area contributed by atoms with Gasteiger partial charge in [-0.2, -0.15) is 0 Å². The summed E-state index contributed by atoms with van der Waals surface area (Å²) in [5, 5.41) is 9.85. The van der Waals surface area contributed by atoms with Crippen LogP contribution in [-0.4, -0.2) is 53.2 Å². The minimum absolute atomic E-state index is 0.0601. The molecule has 2 rings (SSSR count). The van der Waals surface area contributed by atoms with Crippen molar-refractivity contribution in [2.45, 2.75) is 46.8 Å². The molecule has 4 atom stereocenters. The largest absolute Gasteiger partial charge is 0.461 e. The second-order valence-corrected chi connectivity index (χ2v) is 6.90. The zero-order chi connectivity index (χ0) is 18.2. The van der Waals surface area contributed by atoms with E-state index in [0.717, 1.165) is 0 Å². The lowest BCUT2D eigenvalue weighted by atomic mass is 9.78. The lowest BCUT2D eigenvalue weighted by molar-refractivity contribution is -0.164. The van der Waals surface area contributed by atoms with E-state index in [1.165, 1.54) is 11.8 Å². The number of ether oxygens (including phenoxy) is 2. The van der Waals surface area contributed by atoms with Gasteiger partial charge in [0.2, 0.25) is 5.91 Å². The number of carbonyl (C=O) groups is 3. The van der Waals surface area contributed by atoms with Crippen LogP contribution in [0.4, 0.5) is 0 Å². The summed E-state index contributed by atoms with van der Waals surface area (Å²) in [6.07, 6.45) is -0.804. The highest BCUT2D eigenvalue weighted by molar-refractivity contribution is 6.00. The number of hydrogen-bond acceptors (Lipinski definition) is 6. The number of aliphatic hydroxyl groups excluding tert-OH is 1. The number of esters is 2. The highest BCUT2D eigenvalue weighted by atomic mass is 16.5. The SMILES string of the molecule is CC(=O)OCC1=C(C(=O)OCC(C)C)N2C(=O)[C@H](C(C)O)C2[C@H]1C. The van der Waals surface area contributed by atoms with E-state index in [4.69, 9.17) is 9.47 Å². The molecular weight excluding hydrogens is 314 g/mol. The Labute approximate surface area is 141 Å². The maximum absolute atomic E-state index is 12.5. The average molecular weight is 339 g/mol. The van der Waals surface area contributed by atoms with Gasteiger partial charge < -0.3 is 19.5 Å². The number of amides is 1. The van der Waals surface area contributed by atoms with Crippen molar-refractivity contribution in [1.82, 2.24) is 4.90 Å². The Morgan fingerprint density at radius 3 is 2.38 bits per heavy atom. The Hall–Kier alpha value is -1.89. The molecule has 1 N–H and O–H groups in total. The zero-order valence-corrected chi connectivity index (χ0v) is 14.7. The second kappa shape index (κ2) is 6.93. The van der Waals surface area contributed by atoms with E-state index >= 15 is 0 Å². The van der Waals surface area contributed by atoms with Crippen molar-refractivity contribution in [3.8, 4) is 0 Å². The predicted molar refractivity (Wildman–Crippen MR) is 84.4 cm³/mol. The second-order valence-electron chi connectivity index (χ2n) is 6.90. The fraction of sp³-hybridized carbons (Fsp3) is 0.706. The van der Waals surface area contributed by atoms with E-state index in [-0.39, 0.29) is 42.7 Å².